The van der Waals surface area contributed by atoms with Gasteiger partial charge in [-0.05, 0) is 25.7 Å². The lowest BCUT2D eigenvalue weighted by Gasteiger charge is -2.31. The highest BCUT2D eigenvalue weighted by atomic mass is 127. The summed E-state index contributed by atoms with van der Waals surface area (Å²) in [6, 6.07) is 0. The lowest BCUT2D eigenvalue weighted by molar-refractivity contribution is 0.277. The maximum atomic E-state index is 6.02. The summed E-state index contributed by atoms with van der Waals surface area (Å²) >= 11 is 1.74. The number of hydrogen-bond donors (Lipinski definition) is 1. The van der Waals surface area contributed by atoms with Gasteiger partial charge in [0.25, 0.3) is 0 Å². The van der Waals surface area contributed by atoms with E-state index in [1.54, 1.807) is 11.3 Å². The van der Waals surface area contributed by atoms with Crippen LogP contribution in [0, 0.1) is 12.8 Å². The van der Waals surface area contributed by atoms with Crippen molar-refractivity contribution in [2.45, 2.75) is 33.1 Å². The second kappa shape index (κ2) is 8.04. The normalized spacial score (nSPS) is 17.4. The number of aliphatic imine (C=N–C) groups is 1. The Morgan fingerprint density at radius 2 is 2.21 bits per heavy atom. The van der Waals surface area contributed by atoms with Gasteiger partial charge in [-0.3, -0.25) is 4.99 Å². The average Bonchev–Trinajstić information content (AvgIpc) is 2.76. The zero-order valence-electron chi connectivity index (χ0n) is 11.6. The van der Waals surface area contributed by atoms with Gasteiger partial charge in [0.05, 0.1) is 5.01 Å². The zero-order valence-corrected chi connectivity index (χ0v) is 14.8. The average molecular weight is 394 g/mol. The minimum atomic E-state index is 0. The molecule has 0 radical (unpaired) electrons. The van der Waals surface area contributed by atoms with Crippen molar-refractivity contribution in [2.24, 2.45) is 16.6 Å². The first kappa shape index (κ1) is 16.7. The molecule has 0 spiro atoms. The number of likely N-dealkylation sites (tertiary alicyclic amines) is 1. The van der Waals surface area contributed by atoms with E-state index in [0.29, 0.717) is 5.96 Å². The Labute approximate surface area is 136 Å². The fraction of sp³-hybridized carbons (Fsp3) is 0.692. The summed E-state index contributed by atoms with van der Waals surface area (Å²) in [7, 11) is 0. The van der Waals surface area contributed by atoms with Gasteiger partial charge in [0, 0.05) is 37.1 Å². The minimum absolute atomic E-state index is 0. The molecule has 19 heavy (non-hydrogen) atoms. The number of nitrogens with zero attached hydrogens (tertiary/aromatic N) is 3. The highest BCUT2D eigenvalue weighted by Crippen LogP contribution is 2.15. The Balaban J connectivity index is 0.00000180. The van der Waals surface area contributed by atoms with Crippen molar-refractivity contribution in [3.05, 3.63) is 16.1 Å². The summed E-state index contributed by atoms with van der Waals surface area (Å²) in [5.41, 5.74) is 6.02. The number of guanidine groups is 1. The Kier molecular flexibility index (Phi) is 7.06. The number of thiazole rings is 1. The SMILES string of the molecule is Cc1cnc(CCN=C(N)N2CCC(C)CC2)s1.I. The molecule has 6 heteroatoms. The second-order valence-corrected chi connectivity index (χ2v) is 6.34. The summed E-state index contributed by atoms with van der Waals surface area (Å²) in [4.78, 5) is 12.3. The van der Waals surface area contributed by atoms with Crippen LogP contribution in [0.15, 0.2) is 11.2 Å². The van der Waals surface area contributed by atoms with Crippen LogP contribution in [0.1, 0.15) is 29.7 Å². The molecule has 1 saturated heterocycles. The molecule has 0 unspecified atom stereocenters. The lowest BCUT2D eigenvalue weighted by atomic mass is 10.00. The number of aromatic nitrogens is 1. The van der Waals surface area contributed by atoms with E-state index in [4.69, 9.17) is 5.73 Å². The second-order valence-electron chi connectivity index (χ2n) is 5.02. The van der Waals surface area contributed by atoms with Crippen molar-refractivity contribution < 1.29 is 0 Å². The number of piperidine rings is 1. The summed E-state index contributed by atoms with van der Waals surface area (Å²) in [5.74, 6) is 1.53. The van der Waals surface area contributed by atoms with Gasteiger partial charge in [0.2, 0.25) is 0 Å². The van der Waals surface area contributed by atoms with Crippen LogP contribution in [-0.4, -0.2) is 35.5 Å². The lowest BCUT2D eigenvalue weighted by Crippen LogP contribution is -2.42. The number of hydrogen-bond acceptors (Lipinski definition) is 3. The van der Waals surface area contributed by atoms with Crippen molar-refractivity contribution in [3.63, 3.8) is 0 Å². The first-order valence-electron chi connectivity index (χ1n) is 6.61. The highest BCUT2D eigenvalue weighted by molar-refractivity contribution is 14.0. The van der Waals surface area contributed by atoms with E-state index < -0.39 is 0 Å². The van der Waals surface area contributed by atoms with Crippen LogP contribution in [0.2, 0.25) is 0 Å². The van der Waals surface area contributed by atoms with Gasteiger partial charge in [0.1, 0.15) is 0 Å². The van der Waals surface area contributed by atoms with E-state index >= 15 is 0 Å². The molecule has 1 aliphatic heterocycles. The third-order valence-corrected chi connectivity index (χ3v) is 4.35. The van der Waals surface area contributed by atoms with Crippen LogP contribution in [0.4, 0.5) is 0 Å². The van der Waals surface area contributed by atoms with E-state index in [2.05, 4.69) is 28.7 Å². The van der Waals surface area contributed by atoms with E-state index in [1.165, 1.54) is 17.7 Å². The summed E-state index contributed by atoms with van der Waals surface area (Å²) in [5, 5.41) is 1.15. The van der Waals surface area contributed by atoms with Gasteiger partial charge in [-0.1, -0.05) is 6.92 Å². The smallest absolute Gasteiger partial charge is 0.191 e. The molecule has 1 aliphatic rings. The van der Waals surface area contributed by atoms with Crippen molar-refractivity contribution in [3.8, 4) is 0 Å². The molecular formula is C13H23IN4S. The molecule has 0 bridgehead atoms. The Bertz CT molecular complexity index is 411. The molecule has 0 atom stereocenters. The van der Waals surface area contributed by atoms with Gasteiger partial charge in [-0.25, -0.2) is 4.98 Å². The van der Waals surface area contributed by atoms with Crippen molar-refractivity contribution in [1.82, 2.24) is 9.88 Å². The third kappa shape index (κ3) is 5.25. The van der Waals surface area contributed by atoms with Gasteiger partial charge in [-0.15, -0.1) is 35.3 Å². The molecule has 0 amide bonds. The van der Waals surface area contributed by atoms with Gasteiger partial charge < -0.3 is 10.6 Å². The third-order valence-electron chi connectivity index (χ3n) is 3.38. The number of aryl methyl sites for hydroxylation is 1. The molecule has 0 aliphatic carbocycles. The molecule has 108 valence electrons. The number of rotatable bonds is 3. The van der Waals surface area contributed by atoms with Crippen LogP contribution < -0.4 is 5.73 Å². The molecule has 2 N–H and O–H groups in total. The highest BCUT2D eigenvalue weighted by Gasteiger charge is 2.16. The molecule has 1 aromatic rings. The van der Waals surface area contributed by atoms with E-state index in [-0.39, 0.29) is 24.0 Å². The fourth-order valence-electron chi connectivity index (χ4n) is 2.12. The molecule has 2 heterocycles. The molecule has 4 nitrogen and oxygen atoms in total. The van der Waals surface area contributed by atoms with E-state index in [1.807, 2.05) is 6.20 Å². The predicted octanol–water partition coefficient (Wildman–Crippen LogP) is 2.66. The van der Waals surface area contributed by atoms with Crippen molar-refractivity contribution >= 4 is 41.3 Å². The van der Waals surface area contributed by atoms with Crippen molar-refractivity contribution in [2.75, 3.05) is 19.6 Å². The standard InChI is InChI=1S/C13H22N4S.HI/c1-10-4-7-17(8-5-10)13(14)15-6-3-12-16-9-11(2)18-12;/h9-10H,3-8H2,1-2H3,(H2,14,15);1H. The van der Waals surface area contributed by atoms with Crippen LogP contribution in [-0.2, 0) is 6.42 Å². The van der Waals surface area contributed by atoms with Crippen molar-refractivity contribution in [1.29, 1.82) is 0 Å². The molecule has 1 fully saturated rings. The molecule has 1 aromatic heterocycles. The Hall–Kier alpha value is -0.370. The predicted molar refractivity (Wildman–Crippen MR) is 92.4 cm³/mol. The summed E-state index contributed by atoms with van der Waals surface area (Å²) in [6.45, 7) is 7.22. The monoisotopic (exact) mass is 394 g/mol. The van der Waals surface area contributed by atoms with Crippen LogP contribution in [0.25, 0.3) is 0 Å². The van der Waals surface area contributed by atoms with Gasteiger partial charge >= 0.3 is 0 Å². The summed E-state index contributed by atoms with van der Waals surface area (Å²) < 4.78 is 0. The maximum Gasteiger partial charge on any atom is 0.191 e. The molecule has 2 rings (SSSR count). The fourth-order valence-corrected chi connectivity index (χ4v) is 2.90. The minimum Gasteiger partial charge on any atom is -0.370 e. The Morgan fingerprint density at radius 3 is 2.79 bits per heavy atom. The van der Waals surface area contributed by atoms with E-state index in [9.17, 15) is 0 Å². The van der Waals surface area contributed by atoms with Crippen LogP contribution in [0.3, 0.4) is 0 Å². The van der Waals surface area contributed by atoms with Crippen LogP contribution >= 0.6 is 35.3 Å². The zero-order chi connectivity index (χ0) is 13.0. The first-order valence-corrected chi connectivity index (χ1v) is 7.43. The largest absolute Gasteiger partial charge is 0.370 e. The number of halogens is 1. The van der Waals surface area contributed by atoms with E-state index in [0.717, 1.165) is 37.0 Å². The first-order chi connectivity index (χ1) is 8.65. The van der Waals surface area contributed by atoms with Gasteiger partial charge in [0.15, 0.2) is 5.96 Å². The quantitative estimate of drug-likeness (QED) is 0.487. The summed E-state index contributed by atoms with van der Waals surface area (Å²) in [6.07, 6.45) is 5.26. The molecule has 0 aromatic carbocycles. The Morgan fingerprint density at radius 1 is 1.53 bits per heavy atom. The number of nitrogens with two attached hydrogens (primary N) is 1. The van der Waals surface area contributed by atoms with Crippen LogP contribution in [0.5, 0.6) is 0 Å². The maximum absolute atomic E-state index is 6.02. The van der Waals surface area contributed by atoms with Gasteiger partial charge in [-0.2, -0.15) is 0 Å². The molecular weight excluding hydrogens is 371 g/mol. The topological polar surface area (TPSA) is 54.5 Å². The molecule has 0 saturated carbocycles.